The Balaban J connectivity index is 2.37. The lowest BCUT2D eigenvalue weighted by molar-refractivity contribution is -0.118. The molecule has 0 saturated heterocycles. The summed E-state index contributed by atoms with van der Waals surface area (Å²) in [6.07, 6.45) is 0.623. The number of rotatable bonds is 3. The predicted molar refractivity (Wildman–Crippen MR) is 43.1 cm³/mol. The van der Waals surface area contributed by atoms with Crippen LogP contribution in [0.25, 0.3) is 0 Å². The first-order valence-electron chi connectivity index (χ1n) is 4.22. The molecule has 1 saturated carbocycles. The van der Waals surface area contributed by atoms with E-state index in [0.717, 1.165) is 6.42 Å². The van der Waals surface area contributed by atoms with Crippen molar-refractivity contribution in [1.29, 1.82) is 0 Å². The van der Waals surface area contributed by atoms with Gasteiger partial charge in [-0.15, -0.1) is 0 Å². The van der Waals surface area contributed by atoms with Crippen molar-refractivity contribution >= 4 is 5.78 Å². The van der Waals surface area contributed by atoms with Crippen molar-refractivity contribution in [3.8, 4) is 0 Å². The Morgan fingerprint density at radius 1 is 1.55 bits per heavy atom. The van der Waals surface area contributed by atoms with E-state index in [2.05, 4.69) is 0 Å². The van der Waals surface area contributed by atoms with Crippen LogP contribution in [0, 0.1) is 17.8 Å². The molecule has 64 valence electrons. The third-order valence-electron chi connectivity index (χ3n) is 2.48. The fraction of sp³-hybridized carbons (Fsp3) is 0.889. The molecule has 0 radical (unpaired) electrons. The number of aliphatic hydroxyl groups is 1. The highest BCUT2D eigenvalue weighted by Crippen LogP contribution is 2.43. The summed E-state index contributed by atoms with van der Waals surface area (Å²) in [4.78, 5) is 10.8. The largest absolute Gasteiger partial charge is 0.393 e. The molecule has 11 heavy (non-hydrogen) atoms. The highest BCUT2D eigenvalue weighted by atomic mass is 16.3. The first kappa shape index (κ1) is 8.72. The molecular weight excluding hydrogens is 140 g/mol. The maximum Gasteiger partial charge on any atom is 0.133 e. The standard InChI is InChI=1S/C9H16O2/c1-5(2)9(11)8-4-7(8)6(3)10/h5,7-9,11H,4H2,1-3H3/t7-,8-,9+/m1/s1. The van der Waals surface area contributed by atoms with Crippen molar-refractivity contribution in [1.82, 2.24) is 0 Å². The monoisotopic (exact) mass is 156 g/mol. The first-order chi connectivity index (χ1) is 5.04. The van der Waals surface area contributed by atoms with E-state index < -0.39 is 0 Å². The second-order valence-electron chi connectivity index (χ2n) is 3.85. The lowest BCUT2D eigenvalue weighted by Gasteiger charge is -2.12. The van der Waals surface area contributed by atoms with Gasteiger partial charge in [0.15, 0.2) is 0 Å². The van der Waals surface area contributed by atoms with Gasteiger partial charge < -0.3 is 5.11 Å². The lowest BCUT2D eigenvalue weighted by atomic mass is 10.0. The third-order valence-corrected chi connectivity index (χ3v) is 2.48. The van der Waals surface area contributed by atoms with Crippen LogP contribution in [0.4, 0.5) is 0 Å². The molecule has 0 amide bonds. The van der Waals surface area contributed by atoms with Crippen molar-refractivity contribution in [2.75, 3.05) is 0 Å². The summed E-state index contributed by atoms with van der Waals surface area (Å²) < 4.78 is 0. The molecule has 0 heterocycles. The van der Waals surface area contributed by atoms with Crippen LogP contribution in [0.3, 0.4) is 0 Å². The quantitative estimate of drug-likeness (QED) is 0.667. The zero-order valence-corrected chi connectivity index (χ0v) is 7.37. The number of ketones is 1. The fourth-order valence-electron chi connectivity index (χ4n) is 1.55. The smallest absolute Gasteiger partial charge is 0.133 e. The van der Waals surface area contributed by atoms with E-state index in [1.807, 2.05) is 13.8 Å². The van der Waals surface area contributed by atoms with E-state index in [1.165, 1.54) is 0 Å². The molecule has 1 fully saturated rings. The Labute approximate surface area is 67.6 Å². The Hall–Kier alpha value is -0.370. The summed E-state index contributed by atoms with van der Waals surface area (Å²) in [7, 11) is 0. The topological polar surface area (TPSA) is 37.3 Å². The molecule has 2 heteroatoms. The number of Topliss-reactive ketones (excluding diaryl/α,β-unsaturated/α-hetero) is 1. The van der Waals surface area contributed by atoms with E-state index in [0.29, 0.717) is 0 Å². The van der Waals surface area contributed by atoms with Crippen molar-refractivity contribution < 1.29 is 9.90 Å². The normalized spacial score (nSPS) is 32.1. The van der Waals surface area contributed by atoms with Gasteiger partial charge in [0.25, 0.3) is 0 Å². The minimum Gasteiger partial charge on any atom is -0.393 e. The molecule has 1 aliphatic carbocycles. The van der Waals surface area contributed by atoms with E-state index in [1.54, 1.807) is 6.92 Å². The van der Waals surface area contributed by atoms with Crippen LogP contribution in [-0.2, 0) is 4.79 Å². The molecule has 1 N–H and O–H groups in total. The van der Waals surface area contributed by atoms with Gasteiger partial charge in [-0.3, -0.25) is 4.79 Å². The Bertz CT molecular complexity index is 163. The van der Waals surface area contributed by atoms with Crippen molar-refractivity contribution in [2.45, 2.75) is 33.3 Å². The second kappa shape index (κ2) is 2.94. The van der Waals surface area contributed by atoms with Crippen molar-refractivity contribution in [2.24, 2.45) is 17.8 Å². The predicted octanol–water partition coefficient (Wildman–Crippen LogP) is 1.23. The number of hydrogen-bond acceptors (Lipinski definition) is 2. The SMILES string of the molecule is CC(=O)[C@H]1C[C@H]1[C@@H](O)C(C)C. The van der Waals surface area contributed by atoms with E-state index in [9.17, 15) is 9.90 Å². The van der Waals surface area contributed by atoms with Crippen LogP contribution in [0.15, 0.2) is 0 Å². The van der Waals surface area contributed by atoms with Gasteiger partial charge in [-0.25, -0.2) is 0 Å². The molecule has 0 aromatic heterocycles. The minimum absolute atomic E-state index is 0.160. The molecule has 0 aromatic rings. The molecule has 3 atom stereocenters. The average molecular weight is 156 g/mol. The van der Waals surface area contributed by atoms with Crippen molar-refractivity contribution in [3.63, 3.8) is 0 Å². The summed E-state index contributed by atoms with van der Waals surface area (Å²) in [6, 6.07) is 0. The van der Waals surface area contributed by atoms with Gasteiger partial charge in [0.05, 0.1) is 6.10 Å². The zero-order chi connectivity index (χ0) is 8.59. The van der Waals surface area contributed by atoms with E-state index >= 15 is 0 Å². The Morgan fingerprint density at radius 3 is 2.36 bits per heavy atom. The highest BCUT2D eigenvalue weighted by molar-refractivity contribution is 5.81. The molecule has 1 aliphatic rings. The van der Waals surface area contributed by atoms with Crippen LogP contribution in [0.5, 0.6) is 0 Å². The molecular formula is C9H16O2. The van der Waals surface area contributed by atoms with Crippen LogP contribution in [0.1, 0.15) is 27.2 Å². The number of hydrogen-bond donors (Lipinski definition) is 1. The maximum absolute atomic E-state index is 10.8. The molecule has 0 unspecified atom stereocenters. The average Bonchev–Trinajstić information content (AvgIpc) is 2.63. The molecule has 0 spiro atoms. The van der Waals surface area contributed by atoms with Crippen LogP contribution >= 0.6 is 0 Å². The van der Waals surface area contributed by atoms with E-state index in [-0.39, 0.29) is 29.6 Å². The van der Waals surface area contributed by atoms with Gasteiger partial charge in [-0.2, -0.15) is 0 Å². The van der Waals surface area contributed by atoms with Gasteiger partial charge in [0.1, 0.15) is 5.78 Å². The summed E-state index contributed by atoms with van der Waals surface area (Å²) in [6.45, 7) is 5.58. The maximum atomic E-state index is 10.8. The zero-order valence-electron chi connectivity index (χ0n) is 7.37. The summed E-state index contributed by atoms with van der Waals surface area (Å²) >= 11 is 0. The Kier molecular flexibility index (Phi) is 2.33. The highest BCUT2D eigenvalue weighted by Gasteiger charge is 2.45. The van der Waals surface area contributed by atoms with E-state index in [4.69, 9.17) is 0 Å². The van der Waals surface area contributed by atoms with Gasteiger partial charge >= 0.3 is 0 Å². The number of carbonyl (C=O) groups excluding carboxylic acids is 1. The van der Waals surface area contributed by atoms with Gasteiger partial charge in [-0.05, 0) is 25.2 Å². The molecule has 0 bridgehead atoms. The third kappa shape index (κ3) is 1.80. The molecule has 0 aliphatic heterocycles. The van der Waals surface area contributed by atoms with Gasteiger partial charge in [0.2, 0.25) is 0 Å². The molecule has 0 aromatic carbocycles. The first-order valence-corrected chi connectivity index (χ1v) is 4.22. The molecule has 1 rings (SSSR count). The summed E-state index contributed by atoms with van der Waals surface area (Å²) in [5.74, 6) is 0.930. The van der Waals surface area contributed by atoms with Crippen molar-refractivity contribution in [3.05, 3.63) is 0 Å². The van der Waals surface area contributed by atoms with Gasteiger partial charge in [-0.1, -0.05) is 13.8 Å². The second-order valence-corrected chi connectivity index (χ2v) is 3.85. The number of aliphatic hydroxyl groups excluding tert-OH is 1. The van der Waals surface area contributed by atoms with Crippen LogP contribution in [-0.4, -0.2) is 17.0 Å². The summed E-state index contributed by atoms with van der Waals surface area (Å²) in [5.41, 5.74) is 0. The number of carbonyl (C=O) groups is 1. The van der Waals surface area contributed by atoms with Crippen LogP contribution < -0.4 is 0 Å². The minimum atomic E-state index is -0.274. The molecule has 2 nitrogen and oxygen atoms in total. The lowest BCUT2D eigenvalue weighted by Crippen LogP contribution is -2.19. The van der Waals surface area contributed by atoms with Crippen LogP contribution in [0.2, 0.25) is 0 Å². The fourth-order valence-corrected chi connectivity index (χ4v) is 1.55. The Morgan fingerprint density at radius 2 is 2.09 bits per heavy atom. The summed E-state index contributed by atoms with van der Waals surface area (Å²) in [5, 5.41) is 9.53. The van der Waals surface area contributed by atoms with Gasteiger partial charge in [0, 0.05) is 5.92 Å².